The number of hydrogen-bond acceptors (Lipinski definition) is 4. The topological polar surface area (TPSA) is 41.1 Å². The largest absolute Gasteiger partial charge is 0.365 e. The fourth-order valence-corrected chi connectivity index (χ4v) is 3.18. The number of nitrogens with zero attached hydrogens (tertiary/aromatic N) is 3. The van der Waals surface area contributed by atoms with Crippen LogP contribution in [-0.2, 0) is 19.6 Å². The van der Waals surface area contributed by atoms with Gasteiger partial charge in [-0.15, -0.1) is 0 Å². The van der Waals surface area contributed by atoms with Gasteiger partial charge in [0.2, 0.25) is 5.28 Å². The van der Waals surface area contributed by atoms with Gasteiger partial charge in [-0.25, -0.2) is 23.1 Å². The molecular formula is C17H18ClF3N4. The van der Waals surface area contributed by atoms with Gasteiger partial charge in [-0.3, -0.25) is 4.90 Å². The molecule has 3 rings (SSSR count). The zero-order valence-electron chi connectivity index (χ0n) is 13.7. The Morgan fingerprint density at radius 1 is 1.28 bits per heavy atom. The molecule has 1 N–H and O–H groups in total. The van der Waals surface area contributed by atoms with Gasteiger partial charge in [0.05, 0.1) is 11.3 Å². The summed E-state index contributed by atoms with van der Waals surface area (Å²) in [6.45, 7) is 4.44. The van der Waals surface area contributed by atoms with E-state index in [2.05, 4.69) is 27.1 Å². The van der Waals surface area contributed by atoms with E-state index in [0.29, 0.717) is 18.9 Å². The molecule has 1 aromatic heterocycles. The molecule has 0 saturated carbocycles. The van der Waals surface area contributed by atoms with Crippen LogP contribution in [-0.4, -0.2) is 21.4 Å². The Bertz CT molecular complexity index is 770. The molecule has 0 saturated heterocycles. The van der Waals surface area contributed by atoms with Gasteiger partial charge in [0, 0.05) is 30.8 Å². The second kappa shape index (κ2) is 7.58. The molecular weight excluding hydrogens is 353 g/mol. The number of halogens is 4. The molecule has 0 atom stereocenters. The minimum absolute atomic E-state index is 0.0416. The fourth-order valence-electron chi connectivity index (χ4n) is 2.99. The van der Waals surface area contributed by atoms with Crippen molar-refractivity contribution in [2.24, 2.45) is 0 Å². The molecule has 4 nitrogen and oxygen atoms in total. The van der Waals surface area contributed by atoms with E-state index >= 15 is 0 Å². The van der Waals surface area contributed by atoms with Crippen LogP contribution in [0.3, 0.4) is 0 Å². The van der Waals surface area contributed by atoms with Crippen molar-refractivity contribution >= 4 is 17.4 Å². The van der Waals surface area contributed by atoms with Gasteiger partial charge in [0.15, 0.2) is 0 Å². The van der Waals surface area contributed by atoms with Crippen molar-refractivity contribution in [3.63, 3.8) is 0 Å². The average molecular weight is 371 g/mol. The minimum Gasteiger partial charge on any atom is -0.365 e. The second-order valence-electron chi connectivity index (χ2n) is 5.95. The molecule has 8 heteroatoms. The van der Waals surface area contributed by atoms with Crippen molar-refractivity contribution < 1.29 is 13.2 Å². The van der Waals surface area contributed by atoms with Gasteiger partial charge in [-0.2, -0.15) is 0 Å². The highest BCUT2D eigenvalue weighted by Gasteiger charge is 2.24. The van der Waals surface area contributed by atoms with Crippen LogP contribution >= 0.6 is 11.6 Å². The first-order chi connectivity index (χ1) is 12.0. The van der Waals surface area contributed by atoms with Gasteiger partial charge in [0.1, 0.15) is 11.6 Å². The molecule has 1 aromatic carbocycles. The number of fused-ring (bicyclic) bond motifs is 1. The van der Waals surface area contributed by atoms with Crippen LogP contribution in [0.15, 0.2) is 18.2 Å². The first-order valence-electron chi connectivity index (χ1n) is 8.06. The van der Waals surface area contributed by atoms with Crippen molar-refractivity contribution in [1.29, 1.82) is 0 Å². The van der Waals surface area contributed by atoms with Gasteiger partial charge >= 0.3 is 0 Å². The second-order valence-corrected chi connectivity index (χ2v) is 6.29. The summed E-state index contributed by atoms with van der Waals surface area (Å²) in [7, 11) is 0. The van der Waals surface area contributed by atoms with Crippen molar-refractivity contribution in [3.05, 3.63) is 51.7 Å². The summed E-state index contributed by atoms with van der Waals surface area (Å²) in [6.07, 6.45) is -1.83. The lowest BCUT2D eigenvalue weighted by Crippen LogP contribution is -2.17. The van der Waals surface area contributed by atoms with Crippen LogP contribution < -0.4 is 5.32 Å². The first kappa shape index (κ1) is 17.9. The van der Waals surface area contributed by atoms with E-state index in [9.17, 15) is 13.2 Å². The number of rotatable bonds is 6. The van der Waals surface area contributed by atoms with Crippen molar-refractivity contribution in [1.82, 2.24) is 14.9 Å². The molecule has 0 spiro atoms. The highest BCUT2D eigenvalue weighted by molar-refractivity contribution is 6.28. The number of aromatic nitrogens is 2. The molecule has 134 valence electrons. The Hall–Kier alpha value is -1.86. The van der Waals surface area contributed by atoms with Gasteiger partial charge in [-0.05, 0) is 24.6 Å². The van der Waals surface area contributed by atoms with E-state index in [1.165, 1.54) is 12.1 Å². The van der Waals surface area contributed by atoms with E-state index in [4.69, 9.17) is 11.6 Å². The van der Waals surface area contributed by atoms with Gasteiger partial charge in [0.25, 0.3) is 6.43 Å². The standard InChI is InChI=1S/C17H18ClF3N4/c1-2-6-25-8-12-13(9-25)23-17(18)24-16(12)22-7-10-4-3-5-11(14(10)19)15(20)21/h3-5,15H,2,6-9H2,1H3,(H,22,23,24). The SMILES string of the molecule is CCCN1Cc2nc(Cl)nc(NCc3cccc(C(F)F)c3F)c2C1. The molecule has 0 aliphatic carbocycles. The quantitative estimate of drug-likeness (QED) is 0.758. The summed E-state index contributed by atoms with van der Waals surface area (Å²) in [5.41, 5.74) is 1.32. The van der Waals surface area contributed by atoms with Crippen LogP contribution in [0.1, 0.15) is 42.2 Å². The third kappa shape index (κ3) is 3.88. The maximum atomic E-state index is 14.2. The summed E-state index contributed by atoms with van der Waals surface area (Å²) in [5.74, 6) is -0.370. The zero-order valence-corrected chi connectivity index (χ0v) is 14.5. The number of hydrogen-bond donors (Lipinski definition) is 1. The van der Waals surface area contributed by atoms with E-state index in [1.807, 2.05) is 0 Å². The molecule has 1 aliphatic heterocycles. The Balaban J connectivity index is 1.80. The normalized spacial score (nSPS) is 14.2. The Labute approximate surface area is 149 Å². The number of anilines is 1. The van der Waals surface area contributed by atoms with E-state index in [0.717, 1.165) is 30.3 Å². The number of nitrogens with one attached hydrogen (secondary N) is 1. The Morgan fingerprint density at radius 3 is 2.80 bits per heavy atom. The Kier molecular flexibility index (Phi) is 5.44. The van der Waals surface area contributed by atoms with Crippen LogP contribution in [0.2, 0.25) is 5.28 Å². The highest BCUT2D eigenvalue weighted by Crippen LogP contribution is 2.29. The smallest absolute Gasteiger partial charge is 0.266 e. The Morgan fingerprint density at radius 2 is 2.08 bits per heavy atom. The molecule has 0 bridgehead atoms. The monoisotopic (exact) mass is 370 g/mol. The van der Waals surface area contributed by atoms with Crippen molar-refractivity contribution in [2.45, 2.75) is 39.4 Å². The molecule has 0 amide bonds. The first-order valence-corrected chi connectivity index (χ1v) is 8.44. The maximum Gasteiger partial charge on any atom is 0.266 e. The van der Waals surface area contributed by atoms with Gasteiger partial charge in [-0.1, -0.05) is 25.1 Å². The highest BCUT2D eigenvalue weighted by atomic mass is 35.5. The number of alkyl halides is 2. The summed E-state index contributed by atoms with van der Waals surface area (Å²) < 4.78 is 39.8. The summed E-state index contributed by atoms with van der Waals surface area (Å²) in [6, 6.07) is 3.98. The van der Waals surface area contributed by atoms with E-state index in [1.54, 1.807) is 0 Å². The minimum atomic E-state index is -2.85. The molecule has 0 fully saturated rings. The molecule has 25 heavy (non-hydrogen) atoms. The van der Waals surface area contributed by atoms with Crippen molar-refractivity contribution in [3.8, 4) is 0 Å². The van der Waals surface area contributed by atoms with Crippen LogP contribution in [0.25, 0.3) is 0 Å². The van der Waals surface area contributed by atoms with Crippen LogP contribution in [0.4, 0.5) is 19.0 Å². The van der Waals surface area contributed by atoms with Crippen LogP contribution in [0.5, 0.6) is 0 Å². The molecule has 2 heterocycles. The molecule has 0 unspecified atom stereocenters. The predicted molar refractivity (Wildman–Crippen MR) is 90.1 cm³/mol. The predicted octanol–water partition coefficient (Wildman–Crippen LogP) is 4.54. The average Bonchev–Trinajstić information content (AvgIpc) is 2.96. The lowest BCUT2D eigenvalue weighted by atomic mass is 10.1. The number of benzene rings is 1. The molecule has 0 radical (unpaired) electrons. The van der Waals surface area contributed by atoms with Crippen molar-refractivity contribution in [2.75, 3.05) is 11.9 Å². The van der Waals surface area contributed by atoms with E-state index in [-0.39, 0.29) is 17.4 Å². The van der Waals surface area contributed by atoms with Gasteiger partial charge < -0.3 is 5.32 Å². The summed E-state index contributed by atoms with van der Waals surface area (Å²) in [5, 5.41) is 3.14. The third-order valence-electron chi connectivity index (χ3n) is 4.15. The van der Waals surface area contributed by atoms with E-state index < -0.39 is 17.8 Å². The fraction of sp³-hybridized carbons (Fsp3) is 0.412. The third-order valence-corrected chi connectivity index (χ3v) is 4.32. The summed E-state index contributed by atoms with van der Waals surface area (Å²) in [4.78, 5) is 10.7. The lowest BCUT2D eigenvalue weighted by molar-refractivity contribution is 0.146. The zero-order chi connectivity index (χ0) is 18.0. The lowest BCUT2D eigenvalue weighted by Gasteiger charge is -2.13. The van der Waals surface area contributed by atoms with Crippen LogP contribution in [0, 0.1) is 5.82 Å². The molecule has 2 aromatic rings. The summed E-state index contributed by atoms with van der Waals surface area (Å²) >= 11 is 5.98. The maximum absolute atomic E-state index is 14.2. The molecule has 1 aliphatic rings.